The number of benzene rings is 3. The number of fused-ring (bicyclic) bond motifs is 2. The molecule has 6 heteroatoms. The number of aliphatic hydroxyl groups is 1. The molecule has 3 fully saturated rings. The largest absolute Gasteiger partial charge is 0.427 e. The maximum Gasteiger partial charge on any atom is 0.308 e. The zero-order valence-electron chi connectivity index (χ0n) is 25.2. The molecule has 4 atom stereocenters. The Bertz CT molecular complexity index is 1450. The van der Waals surface area contributed by atoms with Crippen LogP contribution in [0.15, 0.2) is 66.7 Å². The molecule has 3 aromatic rings. The van der Waals surface area contributed by atoms with Crippen LogP contribution in [0.2, 0.25) is 0 Å². The highest BCUT2D eigenvalue weighted by molar-refractivity contribution is 5.98. The second kappa shape index (κ2) is 11.8. The zero-order chi connectivity index (χ0) is 29.4. The maximum atomic E-state index is 14.3. The van der Waals surface area contributed by atoms with Crippen LogP contribution >= 0.6 is 0 Å². The van der Waals surface area contributed by atoms with E-state index >= 15 is 0 Å². The number of hydrogen-bond acceptors (Lipinski definition) is 5. The molecule has 6 nitrogen and oxygen atoms in total. The predicted octanol–water partition coefficient (Wildman–Crippen LogP) is 6.06. The van der Waals surface area contributed by atoms with E-state index in [0.29, 0.717) is 24.3 Å². The maximum absolute atomic E-state index is 14.3. The number of rotatable bonds is 8. The number of likely N-dealkylation sites (tertiary alicyclic amines) is 1. The lowest BCUT2D eigenvalue weighted by molar-refractivity contribution is -0.131. The lowest BCUT2D eigenvalue weighted by Gasteiger charge is -2.56. The van der Waals surface area contributed by atoms with E-state index in [1.165, 1.54) is 19.8 Å². The van der Waals surface area contributed by atoms with Crippen molar-refractivity contribution < 1.29 is 19.4 Å². The van der Waals surface area contributed by atoms with Crippen LogP contribution in [0.25, 0.3) is 10.8 Å². The van der Waals surface area contributed by atoms with Crippen molar-refractivity contribution in [2.75, 3.05) is 26.2 Å². The van der Waals surface area contributed by atoms with Crippen LogP contribution in [0.4, 0.5) is 0 Å². The summed E-state index contributed by atoms with van der Waals surface area (Å²) < 4.78 is 5.51. The minimum Gasteiger partial charge on any atom is -0.427 e. The first kappa shape index (κ1) is 28.9. The van der Waals surface area contributed by atoms with E-state index < -0.39 is 6.10 Å². The molecule has 1 saturated heterocycles. The van der Waals surface area contributed by atoms with Gasteiger partial charge in [0.25, 0.3) is 5.91 Å². The summed E-state index contributed by atoms with van der Waals surface area (Å²) in [5.74, 6) is 1.35. The average molecular weight is 569 g/mol. The fourth-order valence-corrected chi connectivity index (χ4v) is 7.64. The topological polar surface area (TPSA) is 70.1 Å². The number of ether oxygens (including phenoxy) is 1. The van der Waals surface area contributed by atoms with Gasteiger partial charge in [-0.2, -0.15) is 0 Å². The van der Waals surface area contributed by atoms with E-state index in [9.17, 15) is 14.7 Å². The van der Waals surface area contributed by atoms with Crippen molar-refractivity contribution in [3.05, 3.63) is 77.9 Å². The molecular weight excluding hydrogens is 524 g/mol. The number of aliphatic hydroxyl groups excluding tert-OH is 1. The summed E-state index contributed by atoms with van der Waals surface area (Å²) in [7, 11) is 0. The Morgan fingerprint density at radius 3 is 2.57 bits per heavy atom. The highest BCUT2D eigenvalue weighted by Crippen LogP contribution is 2.51. The monoisotopic (exact) mass is 568 g/mol. The summed E-state index contributed by atoms with van der Waals surface area (Å²) in [4.78, 5) is 30.7. The molecule has 42 heavy (non-hydrogen) atoms. The zero-order valence-corrected chi connectivity index (χ0v) is 25.2. The second-order valence-corrected chi connectivity index (χ2v) is 13.4. The summed E-state index contributed by atoms with van der Waals surface area (Å²) >= 11 is 0. The SMILES string of the molecule is CC(=O)Oc1cccc([C@@]23CCN(CC4CC4)C[C@H]2C(O)C[C@H](N(CC(C)C)C(=O)c2ccc4ccccc4c2)C3)c1. The van der Waals surface area contributed by atoms with Gasteiger partial charge in [-0.15, -0.1) is 0 Å². The minimum absolute atomic E-state index is 0.0279. The number of hydrogen-bond donors (Lipinski definition) is 1. The van der Waals surface area contributed by atoms with Crippen molar-refractivity contribution in [3.63, 3.8) is 0 Å². The molecule has 0 bridgehead atoms. The Morgan fingerprint density at radius 1 is 1.05 bits per heavy atom. The third kappa shape index (κ3) is 5.97. The molecule has 1 amide bonds. The van der Waals surface area contributed by atoms with Crippen LogP contribution < -0.4 is 4.74 Å². The summed E-state index contributed by atoms with van der Waals surface area (Å²) in [6.45, 7) is 9.28. The fraction of sp³-hybridized carbons (Fsp3) is 0.500. The van der Waals surface area contributed by atoms with E-state index in [2.05, 4.69) is 30.9 Å². The number of esters is 1. The Labute approximate surface area is 249 Å². The molecule has 1 unspecified atom stereocenters. The number of amides is 1. The average Bonchev–Trinajstić information content (AvgIpc) is 3.79. The van der Waals surface area contributed by atoms with Crippen molar-refractivity contribution in [1.82, 2.24) is 9.80 Å². The number of carbonyl (C=O) groups excluding carboxylic acids is 2. The molecule has 1 aliphatic heterocycles. The molecule has 1 N–H and O–H groups in total. The van der Waals surface area contributed by atoms with Crippen LogP contribution in [0.1, 0.15) is 68.8 Å². The van der Waals surface area contributed by atoms with E-state index in [1.54, 1.807) is 0 Å². The van der Waals surface area contributed by atoms with E-state index in [0.717, 1.165) is 54.7 Å². The molecule has 3 aromatic carbocycles. The van der Waals surface area contributed by atoms with Crippen molar-refractivity contribution in [2.45, 2.75) is 70.4 Å². The minimum atomic E-state index is -0.540. The first-order valence-corrected chi connectivity index (χ1v) is 15.7. The van der Waals surface area contributed by atoms with Crippen molar-refractivity contribution >= 4 is 22.6 Å². The first-order valence-electron chi connectivity index (χ1n) is 15.7. The van der Waals surface area contributed by atoms with Gasteiger partial charge in [0.15, 0.2) is 0 Å². The van der Waals surface area contributed by atoms with Gasteiger partial charge in [0.2, 0.25) is 0 Å². The van der Waals surface area contributed by atoms with E-state index in [-0.39, 0.29) is 35.2 Å². The highest BCUT2D eigenvalue weighted by atomic mass is 16.5. The van der Waals surface area contributed by atoms with E-state index in [4.69, 9.17) is 4.74 Å². The van der Waals surface area contributed by atoms with Gasteiger partial charge < -0.3 is 19.6 Å². The normalized spacial score (nSPS) is 26.2. The molecule has 0 radical (unpaired) electrons. The van der Waals surface area contributed by atoms with Crippen molar-refractivity contribution in [3.8, 4) is 5.75 Å². The molecule has 0 aromatic heterocycles. The van der Waals surface area contributed by atoms with Gasteiger partial charge in [-0.1, -0.05) is 56.3 Å². The predicted molar refractivity (Wildman–Crippen MR) is 166 cm³/mol. The molecule has 2 saturated carbocycles. The van der Waals surface area contributed by atoms with Crippen molar-refractivity contribution in [2.24, 2.45) is 17.8 Å². The van der Waals surface area contributed by atoms with Gasteiger partial charge in [-0.3, -0.25) is 9.59 Å². The highest BCUT2D eigenvalue weighted by Gasteiger charge is 2.53. The van der Waals surface area contributed by atoms with Gasteiger partial charge in [0.1, 0.15) is 5.75 Å². The second-order valence-electron chi connectivity index (χ2n) is 13.4. The van der Waals surface area contributed by atoms with Gasteiger partial charge in [0.05, 0.1) is 6.10 Å². The van der Waals surface area contributed by atoms with Gasteiger partial charge >= 0.3 is 5.97 Å². The van der Waals surface area contributed by atoms with Gasteiger partial charge in [-0.25, -0.2) is 0 Å². The fourth-order valence-electron chi connectivity index (χ4n) is 7.64. The summed E-state index contributed by atoms with van der Waals surface area (Å²) in [6, 6.07) is 21.9. The molecular formula is C36H44N2O4. The molecule has 1 heterocycles. The standard InChI is InChI=1S/C36H44N2O4/c1-24(2)21-38(35(41)29-14-13-27-7-4-5-8-28(27)17-29)31-19-34(40)33-23-37(22-26-11-12-26)16-15-36(33,20-31)30-9-6-10-32(18-30)42-25(3)39/h4-10,13-14,17-18,24,26,31,33-34,40H,11-12,15-16,19-23H2,1-3H3/t31-,33-,34?,36-/m0/s1. The van der Waals surface area contributed by atoms with Crippen LogP contribution in [0.5, 0.6) is 5.75 Å². The van der Waals surface area contributed by atoms with Gasteiger partial charge in [0, 0.05) is 49.5 Å². The molecule has 3 aliphatic rings. The molecule has 222 valence electrons. The molecule has 2 aliphatic carbocycles. The Kier molecular flexibility index (Phi) is 8.12. The molecule has 0 spiro atoms. The Hall–Kier alpha value is -3.22. The van der Waals surface area contributed by atoms with E-state index in [1.807, 2.05) is 59.5 Å². The van der Waals surface area contributed by atoms with Crippen molar-refractivity contribution in [1.29, 1.82) is 0 Å². The smallest absolute Gasteiger partial charge is 0.308 e. The number of nitrogens with zero attached hydrogens (tertiary/aromatic N) is 2. The lowest BCUT2D eigenvalue weighted by Crippen LogP contribution is -2.61. The number of piperidine rings is 1. The third-order valence-electron chi connectivity index (χ3n) is 9.76. The number of carbonyl (C=O) groups is 2. The van der Waals surface area contributed by atoms with Gasteiger partial charge in [-0.05, 0) is 91.1 Å². The third-order valence-corrected chi connectivity index (χ3v) is 9.76. The van der Waals surface area contributed by atoms with Crippen LogP contribution in [0, 0.1) is 17.8 Å². The van der Waals surface area contributed by atoms with Crippen LogP contribution in [0.3, 0.4) is 0 Å². The lowest BCUT2D eigenvalue weighted by atomic mass is 9.56. The van der Waals surface area contributed by atoms with Crippen LogP contribution in [-0.4, -0.2) is 65.1 Å². The quantitative estimate of drug-likeness (QED) is 0.264. The Morgan fingerprint density at radius 2 is 1.83 bits per heavy atom. The molecule has 6 rings (SSSR count). The summed E-state index contributed by atoms with van der Waals surface area (Å²) in [6.07, 6.45) is 4.33. The van der Waals surface area contributed by atoms with Crippen LogP contribution in [-0.2, 0) is 10.2 Å². The summed E-state index contributed by atoms with van der Waals surface area (Å²) in [5, 5.41) is 14.1. The first-order chi connectivity index (χ1) is 20.2. The Balaban J connectivity index is 1.36. The summed E-state index contributed by atoms with van der Waals surface area (Å²) in [5.41, 5.74) is 1.47.